The molecule has 0 heterocycles. The molecule has 0 spiro atoms. The van der Waals surface area contributed by atoms with Crippen LogP contribution < -0.4 is 0 Å². The van der Waals surface area contributed by atoms with E-state index in [9.17, 15) is 4.55 Å². The largest absolute Gasteiger partial charge is 0.616 e. The third-order valence-electron chi connectivity index (χ3n) is 2.10. The molecule has 1 atom stereocenters. The SMILES string of the molecule is CCCCCC[S+]([O-])C1CC1. The molecule has 0 aromatic carbocycles. The lowest BCUT2D eigenvalue weighted by Crippen LogP contribution is -2.11. The maximum absolute atomic E-state index is 11.3. The van der Waals surface area contributed by atoms with E-state index < -0.39 is 11.2 Å². The first-order chi connectivity index (χ1) is 5.34. The predicted molar refractivity (Wildman–Crippen MR) is 50.2 cm³/mol. The summed E-state index contributed by atoms with van der Waals surface area (Å²) in [6.45, 7) is 2.21. The third-order valence-corrected chi connectivity index (χ3v) is 4.00. The Labute approximate surface area is 72.7 Å². The predicted octanol–water partition coefficient (Wildman–Crippen LogP) is 2.48. The Morgan fingerprint density at radius 1 is 1.27 bits per heavy atom. The minimum Gasteiger partial charge on any atom is -0.616 e. The molecule has 0 radical (unpaired) electrons. The van der Waals surface area contributed by atoms with Crippen molar-refractivity contribution in [3.8, 4) is 0 Å². The van der Waals surface area contributed by atoms with Crippen LogP contribution in [0.2, 0.25) is 0 Å². The Hall–Kier alpha value is 0.310. The van der Waals surface area contributed by atoms with Crippen LogP contribution >= 0.6 is 0 Å². The first-order valence-electron chi connectivity index (χ1n) is 4.71. The average molecular weight is 174 g/mol. The lowest BCUT2D eigenvalue weighted by molar-refractivity contribution is 0.587. The van der Waals surface area contributed by atoms with Gasteiger partial charge in [-0.05, 0) is 25.7 Å². The molecule has 0 N–H and O–H groups in total. The summed E-state index contributed by atoms with van der Waals surface area (Å²) in [5, 5.41) is 0.594. The fraction of sp³-hybridized carbons (Fsp3) is 1.00. The van der Waals surface area contributed by atoms with E-state index in [0.29, 0.717) is 5.25 Å². The van der Waals surface area contributed by atoms with Crippen molar-refractivity contribution in [3.05, 3.63) is 0 Å². The van der Waals surface area contributed by atoms with Crippen LogP contribution in [0.15, 0.2) is 0 Å². The highest BCUT2D eigenvalue weighted by Gasteiger charge is 2.33. The fourth-order valence-electron chi connectivity index (χ4n) is 1.17. The van der Waals surface area contributed by atoms with E-state index in [1.54, 1.807) is 0 Å². The fourth-order valence-corrected chi connectivity index (χ4v) is 2.65. The molecule has 2 heteroatoms. The van der Waals surface area contributed by atoms with E-state index in [2.05, 4.69) is 6.92 Å². The maximum Gasteiger partial charge on any atom is 0.116 e. The second kappa shape index (κ2) is 5.04. The van der Waals surface area contributed by atoms with E-state index in [1.807, 2.05) is 0 Å². The smallest absolute Gasteiger partial charge is 0.116 e. The minimum absolute atomic E-state index is 0.464. The van der Waals surface area contributed by atoms with E-state index in [1.165, 1.54) is 38.5 Å². The number of hydrogen-bond donors (Lipinski definition) is 0. The summed E-state index contributed by atoms with van der Waals surface area (Å²) >= 11 is -0.464. The first-order valence-corrected chi connectivity index (χ1v) is 6.10. The van der Waals surface area contributed by atoms with Crippen molar-refractivity contribution in [1.82, 2.24) is 0 Å². The van der Waals surface area contributed by atoms with Gasteiger partial charge in [-0.3, -0.25) is 0 Å². The Bertz CT molecular complexity index is 102. The lowest BCUT2D eigenvalue weighted by Gasteiger charge is -2.08. The van der Waals surface area contributed by atoms with Gasteiger partial charge in [-0.25, -0.2) is 0 Å². The van der Waals surface area contributed by atoms with E-state index in [0.717, 1.165) is 5.75 Å². The Balaban J connectivity index is 1.85. The summed E-state index contributed by atoms with van der Waals surface area (Å²) in [5.41, 5.74) is 0. The summed E-state index contributed by atoms with van der Waals surface area (Å²) in [5.74, 6) is 0.963. The van der Waals surface area contributed by atoms with Gasteiger partial charge in [0.2, 0.25) is 0 Å². The molecule has 0 bridgehead atoms. The van der Waals surface area contributed by atoms with Crippen molar-refractivity contribution >= 4 is 11.2 Å². The first kappa shape index (κ1) is 9.40. The Morgan fingerprint density at radius 2 is 2.00 bits per heavy atom. The van der Waals surface area contributed by atoms with Crippen molar-refractivity contribution in [2.75, 3.05) is 5.75 Å². The van der Waals surface area contributed by atoms with Crippen molar-refractivity contribution < 1.29 is 4.55 Å². The zero-order chi connectivity index (χ0) is 8.10. The van der Waals surface area contributed by atoms with Crippen LogP contribution in [0.3, 0.4) is 0 Å². The van der Waals surface area contributed by atoms with Crippen LogP contribution in [-0.2, 0) is 11.2 Å². The second-order valence-electron chi connectivity index (χ2n) is 3.34. The molecule has 66 valence electrons. The van der Waals surface area contributed by atoms with E-state index in [-0.39, 0.29) is 0 Å². The molecule has 1 fully saturated rings. The summed E-state index contributed by atoms with van der Waals surface area (Å²) in [6, 6.07) is 0. The topological polar surface area (TPSA) is 23.1 Å². The van der Waals surface area contributed by atoms with Gasteiger partial charge in [-0.2, -0.15) is 0 Å². The van der Waals surface area contributed by atoms with Crippen molar-refractivity contribution in [2.45, 2.75) is 50.7 Å². The van der Waals surface area contributed by atoms with Crippen LogP contribution in [0.4, 0.5) is 0 Å². The molecule has 0 aromatic heterocycles. The van der Waals surface area contributed by atoms with Gasteiger partial charge in [0.15, 0.2) is 0 Å². The molecule has 0 saturated heterocycles. The molecule has 0 aromatic rings. The van der Waals surface area contributed by atoms with Gasteiger partial charge in [0.1, 0.15) is 11.0 Å². The number of hydrogen-bond acceptors (Lipinski definition) is 1. The molecule has 0 amide bonds. The average Bonchev–Trinajstić information content (AvgIpc) is 2.79. The molecule has 1 aliphatic rings. The standard InChI is InChI=1S/C9H18OS/c1-2-3-4-5-8-11(10)9-6-7-9/h9H,2-8H2,1H3. The molecule has 1 saturated carbocycles. The Kier molecular flexibility index (Phi) is 4.31. The monoisotopic (exact) mass is 174 g/mol. The van der Waals surface area contributed by atoms with Crippen LogP contribution in [0.5, 0.6) is 0 Å². The molecule has 0 aliphatic heterocycles. The van der Waals surface area contributed by atoms with Gasteiger partial charge >= 0.3 is 0 Å². The minimum atomic E-state index is -0.464. The second-order valence-corrected chi connectivity index (χ2v) is 5.18. The zero-order valence-electron chi connectivity index (χ0n) is 7.34. The lowest BCUT2D eigenvalue weighted by atomic mass is 10.2. The maximum atomic E-state index is 11.3. The molecule has 1 nitrogen and oxygen atoms in total. The van der Waals surface area contributed by atoms with Gasteiger partial charge in [-0.1, -0.05) is 30.9 Å². The highest BCUT2D eigenvalue weighted by atomic mass is 32.2. The van der Waals surface area contributed by atoms with Crippen molar-refractivity contribution in [2.24, 2.45) is 0 Å². The van der Waals surface area contributed by atoms with Crippen LogP contribution in [0, 0.1) is 0 Å². The number of rotatable bonds is 6. The van der Waals surface area contributed by atoms with Gasteiger partial charge in [-0.15, -0.1) is 0 Å². The molecule has 1 aliphatic carbocycles. The summed E-state index contributed by atoms with van der Waals surface area (Å²) in [7, 11) is 0. The summed E-state index contributed by atoms with van der Waals surface area (Å²) in [6.07, 6.45) is 7.48. The van der Waals surface area contributed by atoms with Gasteiger partial charge < -0.3 is 4.55 Å². The van der Waals surface area contributed by atoms with Crippen LogP contribution in [0.1, 0.15) is 45.4 Å². The van der Waals surface area contributed by atoms with Crippen molar-refractivity contribution in [1.29, 1.82) is 0 Å². The zero-order valence-corrected chi connectivity index (χ0v) is 8.16. The van der Waals surface area contributed by atoms with Gasteiger partial charge in [0.05, 0.1) is 0 Å². The highest BCUT2D eigenvalue weighted by Crippen LogP contribution is 2.29. The van der Waals surface area contributed by atoms with E-state index >= 15 is 0 Å². The Morgan fingerprint density at radius 3 is 2.55 bits per heavy atom. The van der Waals surface area contributed by atoms with Gasteiger partial charge in [0.25, 0.3) is 0 Å². The third kappa shape index (κ3) is 4.02. The normalized spacial score (nSPS) is 20.2. The van der Waals surface area contributed by atoms with Crippen LogP contribution in [-0.4, -0.2) is 15.6 Å². The van der Waals surface area contributed by atoms with Crippen LogP contribution in [0.25, 0.3) is 0 Å². The molecule has 1 unspecified atom stereocenters. The summed E-state index contributed by atoms with van der Waals surface area (Å²) in [4.78, 5) is 0. The molecular weight excluding hydrogens is 156 g/mol. The van der Waals surface area contributed by atoms with Gasteiger partial charge in [0, 0.05) is 0 Å². The summed E-state index contributed by atoms with van der Waals surface area (Å²) < 4.78 is 11.3. The quantitative estimate of drug-likeness (QED) is 0.448. The van der Waals surface area contributed by atoms with E-state index in [4.69, 9.17) is 0 Å². The molecular formula is C9H18OS. The number of unbranched alkanes of at least 4 members (excludes halogenated alkanes) is 3. The molecule has 1 rings (SSSR count). The highest BCUT2D eigenvalue weighted by molar-refractivity contribution is 7.92. The van der Waals surface area contributed by atoms with Crippen molar-refractivity contribution in [3.63, 3.8) is 0 Å². The molecule has 11 heavy (non-hydrogen) atoms.